The highest BCUT2D eigenvalue weighted by atomic mass is 32.2. The summed E-state index contributed by atoms with van der Waals surface area (Å²) >= 11 is 1.40. The summed E-state index contributed by atoms with van der Waals surface area (Å²) in [5.41, 5.74) is 1.98. The van der Waals surface area contributed by atoms with Crippen LogP contribution in [0.25, 0.3) is 10.2 Å². The molecule has 40 heavy (non-hydrogen) atoms. The molecule has 4 aromatic rings. The summed E-state index contributed by atoms with van der Waals surface area (Å²) in [5.74, 6) is 0.371. The monoisotopic (exact) mass is 583 g/mol. The van der Waals surface area contributed by atoms with E-state index in [9.17, 15) is 13.2 Å². The Morgan fingerprint density at radius 3 is 2.20 bits per heavy atom. The summed E-state index contributed by atoms with van der Waals surface area (Å²) in [6.07, 6.45) is 0. The summed E-state index contributed by atoms with van der Waals surface area (Å²) in [6, 6.07) is 21.4. The van der Waals surface area contributed by atoms with Gasteiger partial charge in [-0.1, -0.05) is 47.7 Å². The Kier molecular flexibility index (Phi) is 10.2. The van der Waals surface area contributed by atoms with E-state index in [-0.39, 0.29) is 37.1 Å². The number of fused-ring (bicyclic) bond motifs is 1. The number of hydrogen-bond acceptors (Lipinski definition) is 8. The number of benzene rings is 3. The Hall–Kier alpha value is -3.35. The number of nitrogens with zero attached hydrogens (tertiary/aromatic N) is 3. The van der Waals surface area contributed by atoms with Gasteiger partial charge in [0.25, 0.3) is 5.91 Å². The molecule has 0 aliphatic heterocycles. The average Bonchev–Trinajstić information content (AvgIpc) is 3.41. The standard InChI is InChI=1S/C29H33N3O6S2/c1-4-38-25-11-8-12-26-27(25)30-29(39-26)32(21-22-9-6-5-7-10-22)28(33)23-13-15-24(16-14-23)40(34,35)31(17-19-36-2)18-20-37-3/h5-16H,4,17-21H2,1-3H3. The molecule has 0 fully saturated rings. The highest BCUT2D eigenvalue weighted by molar-refractivity contribution is 7.89. The predicted molar refractivity (Wildman–Crippen MR) is 157 cm³/mol. The summed E-state index contributed by atoms with van der Waals surface area (Å²) in [6.45, 7) is 3.59. The molecule has 0 unspecified atom stereocenters. The molecule has 212 valence electrons. The second-order valence-corrected chi connectivity index (χ2v) is 11.8. The molecule has 4 rings (SSSR count). The normalized spacial score (nSPS) is 11.7. The SMILES string of the molecule is CCOc1cccc2sc(N(Cc3ccccc3)C(=O)c3ccc(S(=O)(=O)N(CCOC)CCOC)cc3)nc12. The van der Waals surface area contributed by atoms with Crippen LogP contribution in [0.1, 0.15) is 22.8 Å². The largest absolute Gasteiger partial charge is 0.492 e. The molecule has 1 amide bonds. The summed E-state index contributed by atoms with van der Waals surface area (Å²) < 4.78 is 44.8. The zero-order valence-electron chi connectivity index (χ0n) is 22.8. The van der Waals surface area contributed by atoms with E-state index in [1.807, 2.05) is 55.5 Å². The number of para-hydroxylation sites is 1. The number of carbonyl (C=O) groups excluding carboxylic acids is 1. The molecule has 0 spiro atoms. The van der Waals surface area contributed by atoms with Gasteiger partial charge in [-0.15, -0.1) is 0 Å². The molecule has 0 radical (unpaired) electrons. The van der Waals surface area contributed by atoms with Gasteiger partial charge < -0.3 is 14.2 Å². The van der Waals surface area contributed by atoms with Crippen LogP contribution in [0.2, 0.25) is 0 Å². The van der Waals surface area contributed by atoms with Crippen molar-refractivity contribution in [2.75, 3.05) is 52.0 Å². The van der Waals surface area contributed by atoms with E-state index in [1.165, 1.54) is 54.1 Å². The summed E-state index contributed by atoms with van der Waals surface area (Å²) in [5, 5.41) is 0.526. The second kappa shape index (κ2) is 13.8. The van der Waals surface area contributed by atoms with Crippen LogP contribution in [-0.2, 0) is 26.0 Å². The van der Waals surface area contributed by atoms with Gasteiger partial charge >= 0.3 is 0 Å². The third-order valence-corrected chi connectivity index (χ3v) is 9.12. The van der Waals surface area contributed by atoms with Crippen molar-refractivity contribution in [1.82, 2.24) is 9.29 Å². The van der Waals surface area contributed by atoms with E-state index < -0.39 is 10.0 Å². The van der Waals surface area contributed by atoms with Crippen molar-refractivity contribution in [3.8, 4) is 5.75 Å². The van der Waals surface area contributed by atoms with Crippen LogP contribution in [0.5, 0.6) is 5.75 Å². The van der Waals surface area contributed by atoms with E-state index >= 15 is 0 Å². The number of amides is 1. The average molecular weight is 584 g/mol. The quantitative estimate of drug-likeness (QED) is 0.210. The minimum atomic E-state index is -3.81. The van der Waals surface area contributed by atoms with Crippen molar-refractivity contribution >= 4 is 42.6 Å². The van der Waals surface area contributed by atoms with Gasteiger partial charge in [-0.2, -0.15) is 4.31 Å². The summed E-state index contributed by atoms with van der Waals surface area (Å²) in [7, 11) is -0.773. The van der Waals surface area contributed by atoms with Crippen molar-refractivity contribution < 1.29 is 27.4 Å². The van der Waals surface area contributed by atoms with Crippen molar-refractivity contribution in [1.29, 1.82) is 0 Å². The second-order valence-electron chi connectivity index (χ2n) is 8.82. The number of sulfonamides is 1. The third-order valence-electron chi connectivity index (χ3n) is 6.16. The Morgan fingerprint density at radius 2 is 1.57 bits per heavy atom. The first-order valence-electron chi connectivity index (χ1n) is 12.8. The Balaban J connectivity index is 1.67. The van der Waals surface area contributed by atoms with E-state index in [2.05, 4.69) is 0 Å². The van der Waals surface area contributed by atoms with E-state index in [1.54, 1.807) is 4.90 Å². The highest BCUT2D eigenvalue weighted by Gasteiger charge is 2.26. The van der Waals surface area contributed by atoms with Gasteiger partial charge in [-0.3, -0.25) is 9.69 Å². The van der Waals surface area contributed by atoms with Crippen molar-refractivity contribution in [3.05, 3.63) is 83.9 Å². The van der Waals surface area contributed by atoms with Crippen molar-refractivity contribution in [2.24, 2.45) is 0 Å². The molecule has 0 bridgehead atoms. The van der Waals surface area contributed by atoms with Crippen molar-refractivity contribution in [3.63, 3.8) is 0 Å². The van der Waals surface area contributed by atoms with Gasteiger partial charge in [0.2, 0.25) is 10.0 Å². The Labute approximate surface area is 239 Å². The van der Waals surface area contributed by atoms with Crippen LogP contribution in [0.3, 0.4) is 0 Å². The highest BCUT2D eigenvalue weighted by Crippen LogP contribution is 2.35. The molecule has 0 aliphatic carbocycles. The number of methoxy groups -OCH3 is 2. The number of anilines is 1. The molecule has 0 aliphatic rings. The molecule has 3 aromatic carbocycles. The zero-order chi connectivity index (χ0) is 28.5. The smallest absolute Gasteiger partial charge is 0.260 e. The topological polar surface area (TPSA) is 98.3 Å². The molecular formula is C29H33N3O6S2. The first-order valence-corrected chi connectivity index (χ1v) is 15.1. The fraction of sp³-hybridized carbons (Fsp3) is 0.310. The number of carbonyl (C=O) groups is 1. The van der Waals surface area contributed by atoms with Gasteiger partial charge in [0.05, 0.1) is 36.0 Å². The van der Waals surface area contributed by atoms with Gasteiger partial charge in [0.1, 0.15) is 11.3 Å². The van der Waals surface area contributed by atoms with Gasteiger partial charge in [0.15, 0.2) is 5.13 Å². The molecule has 9 nitrogen and oxygen atoms in total. The van der Waals surface area contributed by atoms with E-state index in [4.69, 9.17) is 19.2 Å². The van der Waals surface area contributed by atoms with E-state index in [0.29, 0.717) is 35.1 Å². The lowest BCUT2D eigenvalue weighted by Crippen LogP contribution is -2.36. The zero-order valence-corrected chi connectivity index (χ0v) is 24.4. The molecule has 1 aromatic heterocycles. The number of rotatable bonds is 14. The summed E-state index contributed by atoms with van der Waals surface area (Å²) in [4.78, 5) is 20.4. The molecule has 0 saturated carbocycles. The van der Waals surface area contributed by atoms with Crippen LogP contribution >= 0.6 is 11.3 Å². The number of ether oxygens (including phenoxy) is 3. The van der Waals surface area contributed by atoms with E-state index in [0.717, 1.165) is 10.3 Å². The fourth-order valence-corrected chi connectivity index (χ4v) is 6.49. The molecule has 0 N–H and O–H groups in total. The number of thiazole rings is 1. The first kappa shape index (κ1) is 29.6. The molecule has 1 heterocycles. The maximum atomic E-state index is 13.9. The van der Waals surface area contributed by atoms with Gasteiger partial charge in [-0.05, 0) is 48.9 Å². The molecule has 0 saturated heterocycles. The first-order chi connectivity index (χ1) is 19.4. The maximum Gasteiger partial charge on any atom is 0.260 e. The lowest BCUT2D eigenvalue weighted by atomic mass is 10.1. The van der Waals surface area contributed by atoms with Gasteiger partial charge in [0, 0.05) is 32.9 Å². The maximum absolute atomic E-state index is 13.9. The predicted octanol–water partition coefficient (Wildman–Crippen LogP) is 4.83. The molecular weight excluding hydrogens is 550 g/mol. The van der Waals surface area contributed by atoms with Gasteiger partial charge in [-0.25, -0.2) is 13.4 Å². The van der Waals surface area contributed by atoms with Crippen LogP contribution in [0, 0.1) is 0 Å². The minimum absolute atomic E-state index is 0.0900. The van der Waals surface area contributed by atoms with Crippen LogP contribution in [-0.4, -0.2) is 70.7 Å². The lowest BCUT2D eigenvalue weighted by Gasteiger charge is -2.22. The third kappa shape index (κ3) is 6.86. The molecule has 11 heteroatoms. The number of hydrogen-bond donors (Lipinski definition) is 0. The van der Waals surface area contributed by atoms with Crippen molar-refractivity contribution in [2.45, 2.75) is 18.4 Å². The minimum Gasteiger partial charge on any atom is -0.492 e. The Morgan fingerprint density at radius 1 is 0.900 bits per heavy atom. The fourth-order valence-electron chi connectivity index (χ4n) is 4.10. The Bertz CT molecular complexity index is 1500. The van der Waals surface area contributed by atoms with Crippen LogP contribution < -0.4 is 9.64 Å². The number of aromatic nitrogens is 1. The van der Waals surface area contributed by atoms with Crippen LogP contribution in [0.15, 0.2) is 77.7 Å². The molecule has 0 atom stereocenters. The van der Waals surface area contributed by atoms with Crippen LogP contribution in [0.4, 0.5) is 5.13 Å². The lowest BCUT2D eigenvalue weighted by molar-refractivity contribution is 0.0985.